The van der Waals surface area contributed by atoms with Crippen LogP contribution < -0.4 is 10.1 Å². The van der Waals surface area contributed by atoms with E-state index < -0.39 is 5.91 Å². The van der Waals surface area contributed by atoms with E-state index in [-0.39, 0.29) is 11.3 Å². The van der Waals surface area contributed by atoms with Crippen molar-refractivity contribution in [2.75, 3.05) is 5.32 Å². The summed E-state index contributed by atoms with van der Waals surface area (Å²) >= 11 is 12.8. The average Bonchev–Trinajstić information content (AvgIpc) is 2.61. The predicted molar refractivity (Wildman–Crippen MR) is 109 cm³/mol. The monoisotopic (exact) mass is 495 g/mol. The molecule has 1 amide bonds. The van der Waals surface area contributed by atoms with Gasteiger partial charge in [-0.3, -0.25) is 4.79 Å². The zero-order chi connectivity index (χ0) is 18.7. The van der Waals surface area contributed by atoms with Crippen LogP contribution in [0.1, 0.15) is 10.4 Å². The van der Waals surface area contributed by atoms with Crippen LogP contribution in [0.25, 0.3) is 0 Å². The van der Waals surface area contributed by atoms with Crippen molar-refractivity contribution >= 4 is 55.1 Å². The van der Waals surface area contributed by atoms with Gasteiger partial charge in [-0.15, -0.1) is 0 Å². The standard InChI is InChI=1S/C19H12Br2ClNO3/c20-11-8-14(18(24)15(21)9-11)19(25)23-12-6-7-17(16(22)10-12)26-13-4-2-1-3-5-13/h1-10,24H,(H,23,25). The smallest absolute Gasteiger partial charge is 0.259 e. The molecule has 0 aliphatic heterocycles. The van der Waals surface area contributed by atoms with Crippen LogP contribution in [0.5, 0.6) is 17.2 Å². The summed E-state index contributed by atoms with van der Waals surface area (Å²) in [5.41, 5.74) is 0.614. The molecule has 0 saturated heterocycles. The number of carbonyl (C=O) groups excluding carboxylic acids is 1. The van der Waals surface area contributed by atoms with Crippen molar-refractivity contribution in [1.29, 1.82) is 0 Å². The van der Waals surface area contributed by atoms with Gasteiger partial charge in [-0.05, 0) is 58.4 Å². The van der Waals surface area contributed by atoms with Crippen LogP contribution in [0, 0.1) is 0 Å². The highest BCUT2D eigenvalue weighted by molar-refractivity contribution is 9.11. The maximum Gasteiger partial charge on any atom is 0.259 e. The second kappa shape index (κ2) is 8.12. The normalized spacial score (nSPS) is 10.4. The number of para-hydroxylation sites is 1. The van der Waals surface area contributed by atoms with Gasteiger partial charge in [0, 0.05) is 10.2 Å². The third-order valence-corrected chi connectivity index (χ3v) is 4.79. The number of halogens is 3. The van der Waals surface area contributed by atoms with Crippen molar-refractivity contribution in [2.45, 2.75) is 0 Å². The summed E-state index contributed by atoms with van der Waals surface area (Å²) in [6.45, 7) is 0. The minimum atomic E-state index is -0.461. The van der Waals surface area contributed by atoms with E-state index in [2.05, 4.69) is 37.2 Å². The van der Waals surface area contributed by atoms with E-state index in [1.165, 1.54) is 6.07 Å². The Balaban J connectivity index is 1.79. The maximum atomic E-state index is 12.4. The number of aromatic hydroxyl groups is 1. The fourth-order valence-electron chi connectivity index (χ4n) is 2.21. The van der Waals surface area contributed by atoms with Gasteiger partial charge in [0.05, 0.1) is 15.1 Å². The number of nitrogens with one attached hydrogen (secondary N) is 1. The molecule has 26 heavy (non-hydrogen) atoms. The molecule has 3 aromatic rings. The summed E-state index contributed by atoms with van der Waals surface area (Å²) in [7, 11) is 0. The molecular weight excluding hydrogens is 485 g/mol. The molecule has 3 aromatic carbocycles. The van der Waals surface area contributed by atoms with Gasteiger partial charge in [-0.25, -0.2) is 0 Å². The lowest BCUT2D eigenvalue weighted by molar-refractivity contribution is 0.102. The van der Waals surface area contributed by atoms with E-state index >= 15 is 0 Å². The molecule has 2 N–H and O–H groups in total. The Bertz CT molecular complexity index is 964. The number of amides is 1. The van der Waals surface area contributed by atoms with Crippen LogP contribution in [0.4, 0.5) is 5.69 Å². The molecule has 3 rings (SSSR count). The zero-order valence-electron chi connectivity index (χ0n) is 13.2. The summed E-state index contributed by atoms with van der Waals surface area (Å²) in [5.74, 6) is 0.539. The first-order chi connectivity index (χ1) is 12.4. The molecule has 0 aliphatic carbocycles. The third-order valence-electron chi connectivity index (χ3n) is 3.43. The minimum Gasteiger partial charge on any atom is -0.506 e. The molecule has 0 aliphatic rings. The van der Waals surface area contributed by atoms with Crippen molar-refractivity contribution in [1.82, 2.24) is 0 Å². The average molecular weight is 498 g/mol. The quantitative estimate of drug-likeness (QED) is 0.426. The second-order valence-electron chi connectivity index (χ2n) is 5.30. The van der Waals surface area contributed by atoms with Crippen LogP contribution in [0.15, 0.2) is 69.6 Å². The van der Waals surface area contributed by atoms with E-state index in [1.807, 2.05) is 30.3 Å². The van der Waals surface area contributed by atoms with Gasteiger partial charge < -0.3 is 15.2 Å². The predicted octanol–water partition coefficient (Wildman–Crippen LogP) is 6.62. The summed E-state index contributed by atoms with van der Waals surface area (Å²) in [6, 6.07) is 17.4. The number of carbonyl (C=O) groups is 1. The number of hydrogen-bond donors (Lipinski definition) is 2. The largest absolute Gasteiger partial charge is 0.506 e. The molecule has 0 radical (unpaired) electrons. The number of anilines is 1. The molecule has 0 unspecified atom stereocenters. The van der Waals surface area contributed by atoms with Crippen molar-refractivity contribution in [2.24, 2.45) is 0 Å². The van der Waals surface area contributed by atoms with E-state index in [0.717, 1.165) is 0 Å². The molecule has 0 atom stereocenters. The highest BCUT2D eigenvalue weighted by Crippen LogP contribution is 2.34. The molecule has 0 bridgehead atoms. The van der Waals surface area contributed by atoms with Gasteiger partial charge in [0.15, 0.2) is 0 Å². The highest BCUT2D eigenvalue weighted by Gasteiger charge is 2.16. The first kappa shape index (κ1) is 18.8. The number of ether oxygens (including phenoxy) is 1. The van der Waals surface area contributed by atoms with Crippen LogP contribution in [-0.4, -0.2) is 11.0 Å². The molecule has 7 heteroatoms. The Morgan fingerprint density at radius 3 is 2.46 bits per heavy atom. The maximum absolute atomic E-state index is 12.4. The van der Waals surface area contributed by atoms with Crippen LogP contribution in [0.3, 0.4) is 0 Å². The van der Waals surface area contributed by atoms with Gasteiger partial charge in [-0.2, -0.15) is 0 Å². The van der Waals surface area contributed by atoms with Crippen LogP contribution in [0.2, 0.25) is 5.02 Å². The molecule has 0 saturated carbocycles. The number of benzene rings is 3. The van der Waals surface area contributed by atoms with E-state index in [1.54, 1.807) is 24.3 Å². The Labute approximate surface area is 172 Å². The Hall–Kier alpha value is -2.02. The molecule has 0 spiro atoms. The van der Waals surface area contributed by atoms with Crippen molar-refractivity contribution in [3.05, 3.63) is 80.2 Å². The Morgan fingerprint density at radius 1 is 1.04 bits per heavy atom. The van der Waals surface area contributed by atoms with Gasteiger partial charge in [0.2, 0.25) is 0 Å². The highest BCUT2D eigenvalue weighted by atomic mass is 79.9. The minimum absolute atomic E-state index is 0.131. The van der Waals surface area contributed by atoms with Gasteiger partial charge in [-0.1, -0.05) is 45.7 Å². The summed E-state index contributed by atoms with van der Waals surface area (Å²) in [4.78, 5) is 12.4. The fourth-order valence-corrected chi connectivity index (χ4v) is 3.66. The summed E-state index contributed by atoms with van der Waals surface area (Å²) in [6.07, 6.45) is 0. The lowest BCUT2D eigenvalue weighted by atomic mass is 10.2. The van der Waals surface area contributed by atoms with Crippen molar-refractivity contribution in [3.63, 3.8) is 0 Å². The Kier molecular flexibility index (Phi) is 5.86. The topological polar surface area (TPSA) is 58.6 Å². The summed E-state index contributed by atoms with van der Waals surface area (Å²) < 4.78 is 6.79. The zero-order valence-corrected chi connectivity index (χ0v) is 17.1. The molecule has 0 aromatic heterocycles. The van der Waals surface area contributed by atoms with Gasteiger partial charge in [0.1, 0.15) is 17.2 Å². The van der Waals surface area contributed by atoms with Crippen molar-refractivity contribution in [3.8, 4) is 17.2 Å². The third kappa shape index (κ3) is 4.38. The fraction of sp³-hybridized carbons (Fsp3) is 0. The molecule has 0 heterocycles. The molecule has 132 valence electrons. The lowest BCUT2D eigenvalue weighted by Gasteiger charge is -2.11. The SMILES string of the molecule is O=C(Nc1ccc(Oc2ccccc2)c(Cl)c1)c1cc(Br)cc(Br)c1O. The lowest BCUT2D eigenvalue weighted by Crippen LogP contribution is -2.12. The van der Waals surface area contributed by atoms with Gasteiger partial charge >= 0.3 is 0 Å². The van der Waals surface area contributed by atoms with E-state index in [0.29, 0.717) is 31.2 Å². The first-order valence-corrected chi connectivity index (χ1v) is 9.42. The number of hydrogen-bond acceptors (Lipinski definition) is 3. The van der Waals surface area contributed by atoms with Gasteiger partial charge in [0.25, 0.3) is 5.91 Å². The molecule has 0 fully saturated rings. The van der Waals surface area contributed by atoms with E-state index in [4.69, 9.17) is 16.3 Å². The second-order valence-corrected chi connectivity index (χ2v) is 7.48. The van der Waals surface area contributed by atoms with E-state index in [9.17, 15) is 9.90 Å². The van der Waals surface area contributed by atoms with Crippen molar-refractivity contribution < 1.29 is 14.6 Å². The number of rotatable bonds is 4. The van der Waals surface area contributed by atoms with Crippen LogP contribution >= 0.6 is 43.5 Å². The molecule has 4 nitrogen and oxygen atoms in total. The molecular formula is C19H12Br2ClNO3. The Morgan fingerprint density at radius 2 is 1.77 bits per heavy atom. The first-order valence-electron chi connectivity index (χ1n) is 7.46. The number of phenols is 1. The summed E-state index contributed by atoms with van der Waals surface area (Å²) in [5, 5.41) is 13.1. The van der Waals surface area contributed by atoms with Crippen LogP contribution in [-0.2, 0) is 0 Å². The number of phenolic OH excluding ortho intramolecular Hbond substituents is 1.